The van der Waals surface area contributed by atoms with Gasteiger partial charge < -0.3 is 24.6 Å². The van der Waals surface area contributed by atoms with E-state index < -0.39 is 0 Å². The average Bonchev–Trinajstić information content (AvgIpc) is 3.17. The number of guanidine groups is 1. The molecular weight excluding hydrogens is 495 g/mol. The molecule has 0 spiro atoms. The molecule has 1 N–H and O–H groups in total. The lowest BCUT2D eigenvalue weighted by Crippen LogP contribution is -2.43. The third-order valence-electron chi connectivity index (χ3n) is 5.54. The van der Waals surface area contributed by atoms with Gasteiger partial charge in [0.05, 0.1) is 14.2 Å². The van der Waals surface area contributed by atoms with E-state index >= 15 is 0 Å². The van der Waals surface area contributed by atoms with Gasteiger partial charge in [-0.25, -0.2) is 0 Å². The summed E-state index contributed by atoms with van der Waals surface area (Å²) in [5, 5.41) is 3.44. The lowest BCUT2D eigenvalue weighted by Gasteiger charge is -2.28. The third-order valence-corrected chi connectivity index (χ3v) is 5.54. The second-order valence-corrected chi connectivity index (χ2v) is 7.38. The predicted molar refractivity (Wildman–Crippen MR) is 132 cm³/mol. The van der Waals surface area contributed by atoms with Crippen LogP contribution in [0.4, 0.5) is 0 Å². The number of halogens is 1. The largest absolute Gasteiger partial charge is 0.493 e. The fourth-order valence-electron chi connectivity index (χ4n) is 3.81. The molecule has 1 aromatic carbocycles. The number of carbonyl (C=O) groups excluding carboxylic acids is 1. The zero-order valence-electron chi connectivity index (χ0n) is 18.9. The molecule has 2 rings (SSSR count). The summed E-state index contributed by atoms with van der Waals surface area (Å²) in [5.74, 6) is 2.66. The molecule has 1 aliphatic rings. The van der Waals surface area contributed by atoms with E-state index in [2.05, 4.69) is 28.2 Å². The van der Waals surface area contributed by atoms with Crippen LogP contribution in [-0.4, -0.2) is 75.7 Å². The summed E-state index contributed by atoms with van der Waals surface area (Å²) >= 11 is 0. The Morgan fingerprint density at radius 2 is 2.03 bits per heavy atom. The van der Waals surface area contributed by atoms with Crippen LogP contribution in [0.1, 0.15) is 38.2 Å². The standard InChI is InChI=1S/C22H36N4O3.HI/c1-6-18(26-14-7-8-21(26)27)11-13-24-22(23-2)25(3)15-12-17-9-10-19(28-4)20(16-17)29-5;/h9-10,16,18H,6-8,11-15H2,1-5H3,(H,23,24);1H. The summed E-state index contributed by atoms with van der Waals surface area (Å²) in [5.41, 5.74) is 1.18. The SMILES string of the molecule is CCC(CCNC(=NC)N(C)CCc1ccc(OC)c(OC)c1)N1CCCC1=O.I. The van der Waals surface area contributed by atoms with Crippen LogP contribution in [0, 0.1) is 0 Å². The average molecular weight is 532 g/mol. The van der Waals surface area contributed by atoms with Crippen molar-refractivity contribution < 1.29 is 14.3 Å². The van der Waals surface area contributed by atoms with Gasteiger partial charge in [-0.05, 0) is 43.4 Å². The normalized spacial score (nSPS) is 14.9. The van der Waals surface area contributed by atoms with Gasteiger partial charge in [-0.15, -0.1) is 24.0 Å². The third kappa shape index (κ3) is 7.21. The lowest BCUT2D eigenvalue weighted by atomic mass is 10.1. The zero-order valence-corrected chi connectivity index (χ0v) is 21.3. The van der Waals surface area contributed by atoms with Crippen LogP contribution in [-0.2, 0) is 11.2 Å². The van der Waals surface area contributed by atoms with Crippen LogP contribution >= 0.6 is 24.0 Å². The summed E-state index contributed by atoms with van der Waals surface area (Å²) in [7, 11) is 7.14. The number of aliphatic imine (C=N–C) groups is 1. The lowest BCUT2D eigenvalue weighted by molar-refractivity contribution is -0.129. The van der Waals surface area contributed by atoms with Crippen molar-refractivity contribution in [3.8, 4) is 11.5 Å². The Kier molecular flexibility index (Phi) is 11.9. The number of methoxy groups -OCH3 is 2. The second kappa shape index (κ2) is 13.6. The summed E-state index contributed by atoms with van der Waals surface area (Å²) in [6, 6.07) is 6.32. The highest BCUT2D eigenvalue weighted by molar-refractivity contribution is 14.0. The van der Waals surface area contributed by atoms with Gasteiger partial charge in [0.15, 0.2) is 17.5 Å². The van der Waals surface area contributed by atoms with Crippen molar-refractivity contribution in [1.29, 1.82) is 0 Å². The van der Waals surface area contributed by atoms with Crippen LogP contribution in [0.5, 0.6) is 11.5 Å². The molecule has 0 saturated carbocycles. The molecule has 1 amide bonds. The van der Waals surface area contributed by atoms with E-state index in [1.54, 1.807) is 21.3 Å². The summed E-state index contributed by atoms with van der Waals surface area (Å²) < 4.78 is 10.7. The number of nitrogens with zero attached hydrogens (tertiary/aromatic N) is 3. The molecule has 0 aromatic heterocycles. The van der Waals surface area contributed by atoms with Gasteiger partial charge in [-0.3, -0.25) is 9.79 Å². The van der Waals surface area contributed by atoms with Crippen LogP contribution in [0.25, 0.3) is 0 Å². The Morgan fingerprint density at radius 1 is 1.30 bits per heavy atom. The molecule has 0 aliphatic carbocycles. The summed E-state index contributed by atoms with van der Waals surface area (Å²) in [6.07, 6.45) is 4.48. The van der Waals surface area contributed by atoms with Gasteiger partial charge in [0.2, 0.25) is 5.91 Å². The molecule has 30 heavy (non-hydrogen) atoms. The fraction of sp³-hybridized carbons (Fsp3) is 0.636. The van der Waals surface area contributed by atoms with Crippen molar-refractivity contribution in [2.45, 2.75) is 45.1 Å². The van der Waals surface area contributed by atoms with Gasteiger partial charge >= 0.3 is 0 Å². The van der Waals surface area contributed by atoms with Gasteiger partial charge in [0.1, 0.15) is 0 Å². The maximum atomic E-state index is 12.0. The highest BCUT2D eigenvalue weighted by Gasteiger charge is 2.26. The maximum Gasteiger partial charge on any atom is 0.222 e. The number of carbonyl (C=O) groups is 1. The molecule has 1 aromatic rings. The smallest absolute Gasteiger partial charge is 0.222 e. The van der Waals surface area contributed by atoms with Crippen LogP contribution in [0.2, 0.25) is 0 Å². The van der Waals surface area contributed by atoms with Crippen LogP contribution in [0.15, 0.2) is 23.2 Å². The summed E-state index contributed by atoms with van der Waals surface area (Å²) in [6.45, 7) is 4.68. The molecule has 1 heterocycles. The highest BCUT2D eigenvalue weighted by atomic mass is 127. The van der Waals surface area contributed by atoms with E-state index in [0.717, 1.165) is 62.8 Å². The molecule has 7 nitrogen and oxygen atoms in total. The van der Waals surface area contributed by atoms with Gasteiger partial charge in [0, 0.05) is 46.2 Å². The Hall–Kier alpha value is -1.71. The van der Waals surface area contributed by atoms with Gasteiger partial charge in [-0.1, -0.05) is 13.0 Å². The first kappa shape index (κ1) is 26.3. The highest BCUT2D eigenvalue weighted by Crippen LogP contribution is 2.27. The monoisotopic (exact) mass is 532 g/mol. The first-order chi connectivity index (χ1) is 14.0. The molecule has 8 heteroatoms. The number of nitrogens with one attached hydrogen (secondary N) is 1. The molecule has 1 saturated heterocycles. The maximum absolute atomic E-state index is 12.0. The quantitative estimate of drug-likeness (QED) is 0.285. The Balaban J connectivity index is 0.00000450. The first-order valence-electron chi connectivity index (χ1n) is 10.5. The number of likely N-dealkylation sites (N-methyl/N-ethyl adjacent to an activating group) is 1. The molecular formula is C22H37IN4O3. The van der Waals surface area contributed by atoms with Crippen molar-refractivity contribution in [2.24, 2.45) is 4.99 Å². The Labute approximate surface area is 198 Å². The van der Waals surface area contributed by atoms with E-state index in [-0.39, 0.29) is 24.0 Å². The number of rotatable bonds is 10. The topological polar surface area (TPSA) is 66.4 Å². The molecule has 1 atom stereocenters. The van der Waals surface area contributed by atoms with Crippen molar-refractivity contribution >= 4 is 35.8 Å². The zero-order chi connectivity index (χ0) is 21.2. The van der Waals surface area contributed by atoms with Crippen molar-refractivity contribution in [3.05, 3.63) is 23.8 Å². The van der Waals surface area contributed by atoms with E-state index in [1.165, 1.54) is 5.56 Å². The number of likely N-dealkylation sites (tertiary alicyclic amines) is 1. The number of benzene rings is 1. The number of amides is 1. The van der Waals surface area contributed by atoms with E-state index in [1.807, 2.05) is 24.1 Å². The number of ether oxygens (including phenoxy) is 2. The van der Waals surface area contributed by atoms with E-state index in [9.17, 15) is 4.79 Å². The van der Waals surface area contributed by atoms with Crippen molar-refractivity contribution in [1.82, 2.24) is 15.1 Å². The predicted octanol–water partition coefficient (Wildman–Crippen LogP) is 3.16. The van der Waals surface area contributed by atoms with E-state index in [0.29, 0.717) is 18.4 Å². The minimum atomic E-state index is 0. The Bertz CT molecular complexity index is 699. The molecule has 1 unspecified atom stereocenters. The van der Waals surface area contributed by atoms with Gasteiger partial charge in [0.25, 0.3) is 0 Å². The second-order valence-electron chi connectivity index (χ2n) is 7.38. The minimum absolute atomic E-state index is 0. The molecule has 1 aliphatic heterocycles. The van der Waals surface area contributed by atoms with Crippen molar-refractivity contribution in [2.75, 3.05) is 47.9 Å². The minimum Gasteiger partial charge on any atom is -0.493 e. The first-order valence-corrected chi connectivity index (χ1v) is 10.5. The molecule has 170 valence electrons. The van der Waals surface area contributed by atoms with Crippen LogP contribution < -0.4 is 14.8 Å². The molecule has 0 radical (unpaired) electrons. The molecule has 1 fully saturated rings. The summed E-state index contributed by atoms with van der Waals surface area (Å²) in [4.78, 5) is 20.6. The van der Waals surface area contributed by atoms with E-state index in [4.69, 9.17) is 9.47 Å². The Morgan fingerprint density at radius 3 is 2.60 bits per heavy atom. The van der Waals surface area contributed by atoms with Gasteiger partial charge in [-0.2, -0.15) is 0 Å². The van der Waals surface area contributed by atoms with Crippen molar-refractivity contribution in [3.63, 3.8) is 0 Å². The number of hydrogen-bond acceptors (Lipinski definition) is 4. The fourth-order valence-corrected chi connectivity index (χ4v) is 3.81. The number of hydrogen-bond donors (Lipinski definition) is 1. The van der Waals surface area contributed by atoms with Crippen LogP contribution in [0.3, 0.4) is 0 Å². The molecule has 0 bridgehead atoms.